The Balaban J connectivity index is 2.82. The fraction of sp³-hybridized carbons (Fsp3) is 0.538. The second-order valence-electron chi connectivity index (χ2n) is 4.36. The van der Waals surface area contributed by atoms with Crippen LogP contribution in [-0.4, -0.2) is 17.5 Å². The number of hydrogen-bond acceptors (Lipinski definition) is 2. The number of nitrogen functional groups attached to an aromatic ring is 1. The average molecular weight is 206 g/mol. The zero-order valence-corrected chi connectivity index (χ0v) is 10.2. The molecular weight excluding hydrogens is 184 g/mol. The third kappa shape index (κ3) is 3.24. The topological polar surface area (TPSA) is 29.3 Å². The number of nitrogens with zero attached hydrogens (tertiary/aromatic N) is 1. The van der Waals surface area contributed by atoms with Gasteiger partial charge in [-0.2, -0.15) is 0 Å². The van der Waals surface area contributed by atoms with Gasteiger partial charge in [0.2, 0.25) is 0 Å². The van der Waals surface area contributed by atoms with Gasteiger partial charge in [-0.25, -0.2) is 0 Å². The second kappa shape index (κ2) is 5.17. The van der Waals surface area contributed by atoms with Crippen molar-refractivity contribution in [3.05, 3.63) is 29.3 Å². The van der Waals surface area contributed by atoms with E-state index in [-0.39, 0.29) is 0 Å². The minimum atomic E-state index is 0.565. The molecule has 0 aliphatic rings. The van der Waals surface area contributed by atoms with E-state index in [0.29, 0.717) is 6.04 Å². The van der Waals surface area contributed by atoms with Gasteiger partial charge in [-0.15, -0.1) is 0 Å². The van der Waals surface area contributed by atoms with Crippen molar-refractivity contribution >= 4 is 5.69 Å². The van der Waals surface area contributed by atoms with Crippen molar-refractivity contribution in [2.24, 2.45) is 0 Å². The highest BCUT2D eigenvalue weighted by Crippen LogP contribution is 2.17. The van der Waals surface area contributed by atoms with Gasteiger partial charge in [-0.1, -0.05) is 24.6 Å². The molecule has 84 valence electrons. The van der Waals surface area contributed by atoms with Crippen molar-refractivity contribution in [2.75, 3.05) is 12.3 Å². The largest absolute Gasteiger partial charge is 0.398 e. The Morgan fingerprint density at radius 1 is 1.33 bits per heavy atom. The van der Waals surface area contributed by atoms with Gasteiger partial charge in [0.15, 0.2) is 0 Å². The number of hydrogen-bond donors (Lipinski definition) is 1. The van der Waals surface area contributed by atoms with Gasteiger partial charge in [0.05, 0.1) is 0 Å². The summed E-state index contributed by atoms with van der Waals surface area (Å²) in [6.45, 7) is 10.7. The van der Waals surface area contributed by atoms with E-state index >= 15 is 0 Å². The fourth-order valence-electron chi connectivity index (χ4n) is 1.75. The average Bonchev–Trinajstić information content (AvgIpc) is 2.18. The normalized spacial score (nSPS) is 11.3. The van der Waals surface area contributed by atoms with Crippen molar-refractivity contribution < 1.29 is 0 Å². The molecule has 2 N–H and O–H groups in total. The standard InChI is InChI=1S/C13H22N2/c1-5-15(10(2)3)9-12-8-11(4)6-7-13(12)14/h6-8,10H,5,9,14H2,1-4H3. The zero-order valence-electron chi connectivity index (χ0n) is 10.2. The first-order valence-electron chi connectivity index (χ1n) is 5.63. The Hall–Kier alpha value is -1.02. The van der Waals surface area contributed by atoms with Gasteiger partial charge in [0, 0.05) is 18.3 Å². The monoisotopic (exact) mass is 206 g/mol. The molecule has 2 nitrogen and oxygen atoms in total. The fourth-order valence-corrected chi connectivity index (χ4v) is 1.75. The molecule has 0 bridgehead atoms. The van der Waals surface area contributed by atoms with Gasteiger partial charge >= 0.3 is 0 Å². The third-order valence-corrected chi connectivity index (χ3v) is 2.81. The zero-order chi connectivity index (χ0) is 11.4. The Kier molecular flexibility index (Phi) is 4.15. The molecule has 1 rings (SSSR count). The van der Waals surface area contributed by atoms with Crippen LogP contribution in [0.4, 0.5) is 5.69 Å². The van der Waals surface area contributed by atoms with E-state index in [1.807, 2.05) is 6.07 Å². The second-order valence-corrected chi connectivity index (χ2v) is 4.36. The summed E-state index contributed by atoms with van der Waals surface area (Å²) in [6.07, 6.45) is 0. The van der Waals surface area contributed by atoms with Crippen molar-refractivity contribution in [3.8, 4) is 0 Å². The molecule has 0 aromatic heterocycles. The lowest BCUT2D eigenvalue weighted by Crippen LogP contribution is -2.30. The van der Waals surface area contributed by atoms with E-state index in [0.717, 1.165) is 18.8 Å². The van der Waals surface area contributed by atoms with Gasteiger partial charge in [0.25, 0.3) is 0 Å². The molecule has 0 saturated heterocycles. The summed E-state index contributed by atoms with van der Waals surface area (Å²) in [6, 6.07) is 6.80. The van der Waals surface area contributed by atoms with Crippen molar-refractivity contribution in [1.82, 2.24) is 4.90 Å². The first-order valence-corrected chi connectivity index (χ1v) is 5.63. The Morgan fingerprint density at radius 3 is 2.53 bits per heavy atom. The molecule has 15 heavy (non-hydrogen) atoms. The number of rotatable bonds is 4. The van der Waals surface area contributed by atoms with Crippen molar-refractivity contribution in [2.45, 2.75) is 40.3 Å². The molecule has 0 fully saturated rings. The van der Waals surface area contributed by atoms with Crippen LogP contribution >= 0.6 is 0 Å². The van der Waals surface area contributed by atoms with E-state index in [1.165, 1.54) is 11.1 Å². The summed E-state index contributed by atoms with van der Waals surface area (Å²) in [7, 11) is 0. The molecule has 1 aromatic rings. The lowest BCUT2D eigenvalue weighted by Gasteiger charge is -2.25. The Morgan fingerprint density at radius 2 is 2.00 bits per heavy atom. The molecule has 0 aliphatic heterocycles. The molecule has 0 atom stereocenters. The summed E-state index contributed by atoms with van der Waals surface area (Å²) in [5.74, 6) is 0. The number of anilines is 1. The SMILES string of the molecule is CCN(Cc1cc(C)ccc1N)C(C)C. The lowest BCUT2D eigenvalue weighted by atomic mass is 10.1. The highest BCUT2D eigenvalue weighted by Gasteiger charge is 2.09. The first kappa shape index (κ1) is 12.1. The molecule has 0 aliphatic carbocycles. The molecule has 0 saturated carbocycles. The third-order valence-electron chi connectivity index (χ3n) is 2.81. The van der Waals surface area contributed by atoms with Gasteiger partial charge in [0.1, 0.15) is 0 Å². The maximum atomic E-state index is 5.97. The predicted molar refractivity (Wildman–Crippen MR) is 66.8 cm³/mol. The van der Waals surface area contributed by atoms with E-state index in [4.69, 9.17) is 5.73 Å². The molecule has 0 amide bonds. The maximum absolute atomic E-state index is 5.97. The number of aryl methyl sites for hydroxylation is 1. The lowest BCUT2D eigenvalue weighted by molar-refractivity contribution is 0.225. The summed E-state index contributed by atoms with van der Waals surface area (Å²) in [5.41, 5.74) is 9.39. The molecule has 0 radical (unpaired) electrons. The smallest absolute Gasteiger partial charge is 0.0359 e. The molecule has 0 unspecified atom stereocenters. The van der Waals surface area contributed by atoms with Crippen LogP contribution in [0.15, 0.2) is 18.2 Å². The van der Waals surface area contributed by atoms with Crippen LogP contribution in [-0.2, 0) is 6.54 Å². The number of nitrogens with two attached hydrogens (primary N) is 1. The van der Waals surface area contributed by atoms with Crippen molar-refractivity contribution in [1.29, 1.82) is 0 Å². The Labute approximate surface area is 93.1 Å². The number of benzene rings is 1. The quantitative estimate of drug-likeness (QED) is 0.768. The summed E-state index contributed by atoms with van der Waals surface area (Å²) < 4.78 is 0. The molecule has 2 heteroatoms. The van der Waals surface area contributed by atoms with Crippen LogP contribution in [0.1, 0.15) is 31.9 Å². The van der Waals surface area contributed by atoms with Crippen LogP contribution in [0.3, 0.4) is 0 Å². The Bertz CT molecular complexity index is 318. The predicted octanol–water partition coefficient (Wildman–Crippen LogP) is 2.81. The first-order chi connectivity index (χ1) is 7.04. The van der Waals surface area contributed by atoms with E-state index < -0.39 is 0 Å². The van der Waals surface area contributed by atoms with Crippen LogP contribution < -0.4 is 5.73 Å². The van der Waals surface area contributed by atoms with Gasteiger partial charge < -0.3 is 5.73 Å². The molecular formula is C13H22N2. The highest BCUT2D eigenvalue weighted by atomic mass is 15.1. The highest BCUT2D eigenvalue weighted by molar-refractivity contribution is 5.48. The van der Waals surface area contributed by atoms with E-state index in [9.17, 15) is 0 Å². The van der Waals surface area contributed by atoms with Gasteiger partial charge in [-0.3, -0.25) is 4.90 Å². The van der Waals surface area contributed by atoms with Crippen LogP contribution in [0.5, 0.6) is 0 Å². The van der Waals surface area contributed by atoms with E-state index in [2.05, 4.69) is 44.7 Å². The van der Waals surface area contributed by atoms with Crippen LogP contribution in [0.25, 0.3) is 0 Å². The maximum Gasteiger partial charge on any atom is 0.0359 e. The summed E-state index contributed by atoms with van der Waals surface area (Å²) >= 11 is 0. The minimum absolute atomic E-state index is 0.565. The van der Waals surface area contributed by atoms with Crippen LogP contribution in [0.2, 0.25) is 0 Å². The van der Waals surface area contributed by atoms with Crippen molar-refractivity contribution in [3.63, 3.8) is 0 Å². The summed E-state index contributed by atoms with van der Waals surface area (Å²) in [5, 5.41) is 0. The molecule has 0 spiro atoms. The molecule has 0 heterocycles. The van der Waals surface area contributed by atoms with E-state index in [1.54, 1.807) is 0 Å². The van der Waals surface area contributed by atoms with Crippen LogP contribution in [0, 0.1) is 6.92 Å². The minimum Gasteiger partial charge on any atom is -0.398 e. The van der Waals surface area contributed by atoms with Gasteiger partial charge in [-0.05, 0) is 38.9 Å². The molecule has 1 aromatic carbocycles. The summed E-state index contributed by atoms with van der Waals surface area (Å²) in [4.78, 5) is 2.41.